The van der Waals surface area contributed by atoms with Gasteiger partial charge in [-0.1, -0.05) is 0 Å². The predicted octanol–water partition coefficient (Wildman–Crippen LogP) is 2.34. The summed E-state index contributed by atoms with van der Waals surface area (Å²) in [5.74, 6) is 21.0. The summed E-state index contributed by atoms with van der Waals surface area (Å²) in [6.07, 6.45) is 8.56. The van der Waals surface area contributed by atoms with E-state index in [0.29, 0.717) is 16.5 Å². The topological polar surface area (TPSA) is 38.0 Å². The summed E-state index contributed by atoms with van der Waals surface area (Å²) in [4.78, 5) is 0. The number of piperidine rings is 2. The van der Waals surface area contributed by atoms with Crippen LogP contribution >= 0.6 is 0 Å². The Kier molecular flexibility index (Phi) is 0.843. The zero-order chi connectivity index (χ0) is 27.1. The molecule has 0 aromatic heterocycles. The molecule has 0 bridgehead atoms. The first-order valence-corrected chi connectivity index (χ1v) is 23.3. The van der Waals surface area contributed by atoms with Gasteiger partial charge >= 0.3 is 0 Å². The summed E-state index contributed by atoms with van der Waals surface area (Å²) >= 11 is 0. The third kappa shape index (κ3) is 0.344. The molecule has 33 rings (SSSR count). The molecule has 48 heavy (non-hydrogen) atoms. The summed E-state index contributed by atoms with van der Waals surface area (Å²) in [5, 5.41) is 4.87. The van der Waals surface area contributed by atoms with Gasteiger partial charge in [0, 0.05) is 44.1 Å². The van der Waals surface area contributed by atoms with E-state index in [2.05, 4.69) is 0 Å². The van der Waals surface area contributed by atoms with E-state index in [0.717, 1.165) is 126 Å². The predicted molar refractivity (Wildman–Crippen MR) is 149 cm³/mol. The van der Waals surface area contributed by atoms with Crippen molar-refractivity contribution in [2.75, 3.05) is 0 Å². The van der Waals surface area contributed by atoms with Crippen molar-refractivity contribution in [1.82, 2.24) is 5.32 Å². The van der Waals surface area contributed by atoms with Crippen molar-refractivity contribution in [3.05, 3.63) is 0 Å². The second-order valence-corrected chi connectivity index (χ2v) is 30.1. The zero-order valence-corrected chi connectivity index (χ0v) is 26.4. The summed E-state index contributed by atoms with van der Waals surface area (Å²) in [5.41, 5.74) is 31.3. The van der Waals surface area contributed by atoms with Gasteiger partial charge in [0.25, 0.3) is 0 Å². The maximum Gasteiger partial charge on any atom is 0.0532 e. The van der Waals surface area contributed by atoms with Crippen molar-refractivity contribution >= 4 is 0 Å². The van der Waals surface area contributed by atoms with Crippen LogP contribution in [0.1, 0.15) is 32.1 Å². The van der Waals surface area contributed by atoms with Crippen LogP contribution in [0.15, 0.2) is 0 Å². The Morgan fingerprint density at radius 3 is 1.42 bits per heavy atom. The molecule has 32 aliphatic carbocycles. The standard InChI is InChI=1S/C46H30N2/c47-45-23-2-1-6(23)13-19-20-16-9-3-7-14-15-8-4-10-17-21-22-18-11-5-12-26(11)32(18)36(22)35(21)31(17)25(8,10)29(15)28(14)24(7,9)30(16)34(20)33(19)27(13,23)43(45)41(33)39(34)37(28,30)38(29,31)40(35,39)42(36,41)44(32,43)46(26,45)48-12/h6-22,48H,1-5,47H2. The minimum absolute atomic E-state index is 0.316. The van der Waals surface area contributed by atoms with Crippen LogP contribution in [0.3, 0.4) is 0 Å². The van der Waals surface area contributed by atoms with Crippen LogP contribution in [-0.4, -0.2) is 17.1 Å². The lowest BCUT2D eigenvalue weighted by Crippen LogP contribution is -3.68. The van der Waals surface area contributed by atoms with Crippen LogP contribution in [-0.2, 0) is 0 Å². The molecular formula is C46H30N2. The van der Waals surface area contributed by atoms with Gasteiger partial charge in [0.2, 0.25) is 0 Å². The quantitative estimate of drug-likeness (QED) is 0.442. The number of hydrogen-bond acceptors (Lipinski definition) is 2. The van der Waals surface area contributed by atoms with E-state index in [1.807, 2.05) is 12.8 Å². The summed E-state index contributed by atoms with van der Waals surface area (Å²) in [6.45, 7) is 0. The molecule has 0 aromatic carbocycles. The van der Waals surface area contributed by atoms with E-state index < -0.39 is 0 Å². The number of nitrogens with two attached hydrogens (primary N) is 1. The molecule has 2 nitrogen and oxygen atoms in total. The highest BCUT2D eigenvalue weighted by Crippen LogP contribution is 3.69. The van der Waals surface area contributed by atoms with Gasteiger partial charge in [-0.05, 0) is 213 Å². The average Bonchev–Trinajstić information content (AvgIpc) is 2.94. The molecule has 224 valence electrons. The zero-order valence-electron chi connectivity index (χ0n) is 26.4. The molecule has 23 spiro atoms. The van der Waals surface area contributed by atoms with Gasteiger partial charge in [-0.15, -0.1) is 0 Å². The van der Waals surface area contributed by atoms with Gasteiger partial charge in [0.1, 0.15) is 0 Å². The SMILES string of the molecule is NC12C34CCC3C3C5C6C7C8CC9C%10C%11C%12CC%13C%14C%15C%16C%17C%18CC%19NC1%20C%19%18C%171C%16%17C%15%16C%14%15C%12%13C%11%12C%10%11C98C78C67C56C34C23C%201C%171C63C72C%118C%12%15C%1612. The smallest absolute Gasteiger partial charge is 0.0532 e. The maximum atomic E-state index is 8.94. The fraction of sp³-hybridized carbons (Fsp3) is 1.00. The van der Waals surface area contributed by atoms with E-state index in [1.54, 1.807) is 19.3 Å². The van der Waals surface area contributed by atoms with Gasteiger partial charge in [-0.25, -0.2) is 0 Å². The second kappa shape index (κ2) is 2.45. The Balaban J connectivity index is 0.901. The Morgan fingerprint density at radius 2 is 0.854 bits per heavy atom. The van der Waals surface area contributed by atoms with Gasteiger partial charge < -0.3 is 11.1 Å². The van der Waals surface area contributed by atoms with Gasteiger partial charge in [-0.3, -0.25) is 0 Å². The minimum Gasteiger partial charge on any atom is -0.322 e. The number of nitrogens with one attached hydrogen (secondary N) is 1. The highest BCUT2D eigenvalue weighted by Gasteiger charge is 3.70. The van der Waals surface area contributed by atoms with E-state index >= 15 is 0 Å². The van der Waals surface area contributed by atoms with E-state index in [9.17, 15) is 0 Å². The fourth-order valence-electron chi connectivity index (χ4n) is 50.6. The molecule has 0 radical (unpaired) electrons. The lowest BCUT2D eigenvalue weighted by molar-refractivity contribution is -1.22. The Labute approximate surface area is 273 Å². The average molecular weight is 611 g/mol. The summed E-state index contributed by atoms with van der Waals surface area (Å²) in [6, 6.07) is 0.973. The lowest BCUT2D eigenvalue weighted by Gasteiger charge is -3.67. The van der Waals surface area contributed by atoms with Gasteiger partial charge in [-0.2, -0.15) is 0 Å². The molecule has 1 saturated heterocycles. The van der Waals surface area contributed by atoms with E-state index in [4.69, 9.17) is 11.1 Å². The first kappa shape index (κ1) is 16.5. The molecule has 33 fully saturated rings. The van der Waals surface area contributed by atoms with Gasteiger partial charge in [0.15, 0.2) is 0 Å². The van der Waals surface area contributed by atoms with E-state index in [-0.39, 0.29) is 0 Å². The third-order valence-corrected chi connectivity index (χ3v) is 40.1. The van der Waals surface area contributed by atoms with Crippen LogP contribution in [0, 0.1) is 214 Å². The molecule has 41 unspecified atom stereocenters. The Hall–Kier alpha value is -0.0800. The van der Waals surface area contributed by atoms with Crippen LogP contribution in [0.25, 0.3) is 0 Å². The Bertz CT molecular complexity index is 2750. The number of fused-ring (bicyclic) bond motifs is 13. The lowest BCUT2D eigenvalue weighted by atomic mass is 8.35. The molecular weight excluding hydrogens is 581 g/mol. The highest BCUT2D eigenvalue weighted by molar-refractivity contribution is 6.15. The molecule has 33 aliphatic rings. The molecule has 1 heterocycles. The molecule has 2 heteroatoms. The molecule has 41 atom stereocenters. The molecule has 3 N–H and O–H groups in total. The van der Waals surface area contributed by atoms with Crippen molar-refractivity contribution in [3.8, 4) is 0 Å². The van der Waals surface area contributed by atoms with Crippen molar-refractivity contribution < 1.29 is 0 Å². The summed E-state index contributed by atoms with van der Waals surface area (Å²) < 4.78 is 0. The van der Waals surface area contributed by atoms with Crippen molar-refractivity contribution in [2.45, 2.75) is 49.2 Å². The van der Waals surface area contributed by atoms with Gasteiger partial charge in [0.05, 0.1) is 5.54 Å². The summed E-state index contributed by atoms with van der Waals surface area (Å²) in [7, 11) is 0. The fourth-order valence-corrected chi connectivity index (χ4v) is 50.6. The highest BCUT2D eigenvalue weighted by atomic mass is 15.7. The third-order valence-electron chi connectivity index (χ3n) is 40.1. The largest absolute Gasteiger partial charge is 0.322 e. The first-order chi connectivity index (χ1) is 23.7. The van der Waals surface area contributed by atoms with Crippen LogP contribution in [0.2, 0.25) is 0 Å². The molecule has 1 aliphatic heterocycles. The van der Waals surface area contributed by atoms with Crippen LogP contribution in [0.5, 0.6) is 0 Å². The normalized spacial score (nSPS) is 137. The monoisotopic (exact) mass is 610 g/mol. The van der Waals surface area contributed by atoms with Crippen molar-refractivity contribution in [3.63, 3.8) is 0 Å². The van der Waals surface area contributed by atoms with Crippen LogP contribution < -0.4 is 11.1 Å². The Morgan fingerprint density at radius 1 is 0.396 bits per heavy atom. The van der Waals surface area contributed by atoms with Crippen molar-refractivity contribution in [2.24, 2.45) is 220 Å². The number of hydrogen-bond donors (Lipinski definition) is 2. The van der Waals surface area contributed by atoms with E-state index in [1.165, 1.54) is 88.8 Å². The maximum absolute atomic E-state index is 8.94. The molecule has 32 saturated carbocycles. The molecule has 0 amide bonds. The van der Waals surface area contributed by atoms with Crippen molar-refractivity contribution in [1.29, 1.82) is 0 Å². The first-order valence-electron chi connectivity index (χ1n) is 23.3. The second-order valence-electron chi connectivity index (χ2n) is 30.1. The molecule has 0 aromatic rings. The van der Waals surface area contributed by atoms with Crippen LogP contribution in [0.4, 0.5) is 0 Å². The number of rotatable bonds is 0. The minimum atomic E-state index is 0.316.